The molecule has 6 heteroatoms. The van der Waals surface area contributed by atoms with E-state index in [1.165, 1.54) is 12.1 Å². The Balaban J connectivity index is 1.14. The predicted molar refractivity (Wildman–Crippen MR) is 258 cm³/mol. The summed E-state index contributed by atoms with van der Waals surface area (Å²) in [7, 11) is 0. The quantitative estimate of drug-likeness (QED) is 0.168. The summed E-state index contributed by atoms with van der Waals surface area (Å²) in [6.45, 7) is 0. The molecule has 0 saturated heterocycles. The second-order valence-corrected chi connectivity index (χ2v) is 15.5. The van der Waals surface area contributed by atoms with E-state index in [1.54, 1.807) is 4.57 Å². The Morgan fingerprint density at radius 1 is 0.397 bits per heavy atom. The van der Waals surface area contributed by atoms with Gasteiger partial charge < -0.3 is 8.98 Å². The highest BCUT2D eigenvalue weighted by molar-refractivity contribution is 6.16. The Bertz CT molecular complexity index is 4210. The first-order chi connectivity index (χ1) is 33.7. The van der Waals surface area contributed by atoms with Crippen LogP contribution in [0.15, 0.2) is 217 Å². The van der Waals surface area contributed by atoms with Crippen LogP contribution in [0.25, 0.3) is 122 Å². The summed E-state index contributed by atoms with van der Waals surface area (Å²) in [6, 6.07) is 56.0. The number of hydrogen-bond acceptors (Lipinski definition) is 4. The first-order valence-electron chi connectivity index (χ1n) is 23.7. The van der Waals surface area contributed by atoms with E-state index in [-0.39, 0.29) is 58.1 Å². The third-order valence-corrected chi connectivity index (χ3v) is 12.0. The van der Waals surface area contributed by atoms with Gasteiger partial charge in [-0.3, -0.25) is 4.57 Å². The molecule has 0 N–H and O–H groups in total. The third-order valence-electron chi connectivity index (χ3n) is 12.0. The average Bonchev–Trinajstić information content (AvgIpc) is 4.07. The molecule has 9 aromatic carbocycles. The van der Waals surface area contributed by atoms with Crippen LogP contribution in [0.5, 0.6) is 0 Å². The molecule has 13 aromatic rings. The van der Waals surface area contributed by atoms with Crippen molar-refractivity contribution in [2.45, 2.75) is 0 Å². The van der Waals surface area contributed by atoms with Gasteiger partial charge in [0.2, 0.25) is 5.95 Å². The summed E-state index contributed by atoms with van der Waals surface area (Å²) in [5, 5.41) is 4.26. The van der Waals surface area contributed by atoms with E-state index in [0.29, 0.717) is 45.6 Å². The van der Waals surface area contributed by atoms with Crippen molar-refractivity contribution in [1.82, 2.24) is 24.1 Å². The van der Waals surface area contributed by atoms with E-state index >= 15 is 0 Å². The molecule has 4 heterocycles. The number of hydrogen-bond donors (Lipinski definition) is 0. The fraction of sp³-hybridized carbons (Fsp3) is 0. The van der Waals surface area contributed by atoms with Crippen LogP contribution in [0.3, 0.4) is 0 Å². The van der Waals surface area contributed by atoms with Crippen LogP contribution in [-0.2, 0) is 0 Å². The largest absolute Gasteiger partial charge is 0.455 e. The minimum Gasteiger partial charge on any atom is -0.455 e. The van der Waals surface area contributed by atoms with Gasteiger partial charge in [-0.25, -0.2) is 4.98 Å². The van der Waals surface area contributed by atoms with Gasteiger partial charge in [0, 0.05) is 54.6 Å². The highest BCUT2D eigenvalue weighted by Gasteiger charge is 2.23. The number of nitrogens with zero attached hydrogens (tertiary/aromatic N) is 5. The molecule has 0 aliphatic carbocycles. The van der Waals surface area contributed by atoms with Gasteiger partial charge in [0.1, 0.15) is 11.2 Å². The molecule has 0 bridgehead atoms. The van der Waals surface area contributed by atoms with E-state index < -0.39 is 0 Å². The molecule has 13 rings (SSSR count). The lowest BCUT2D eigenvalue weighted by Crippen LogP contribution is -2.07. The Morgan fingerprint density at radius 2 is 1.02 bits per heavy atom. The maximum atomic E-state index is 9.40. The van der Waals surface area contributed by atoms with Gasteiger partial charge in [-0.1, -0.05) is 176 Å². The summed E-state index contributed by atoms with van der Waals surface area (Å²) in [5.41, 5.74) is 9.05. The van der Waals surface area contributed by atoms with E-state index in [9.17, 15) is 5.48 Å². The van der Waals surface area contributed by atoms with Crippen LogP contribution in [0.1, 0.15) is 8.22 Å². The molecule has 4 aromatic heterocycles. The van der Waals surface area contributed by atoms with Gasteiger partial charge in [-0.15, -0.1) is 0 Å². The highest BCUT2D eigenvalue weighted by Crippen LogP contribution is 2.43. The van der Waals surface area contributed by atoms with Crippen LogP contribution in [0.2, 0.25) is 0 Å². The number of aromatic nitrogens is 5. The molecular formula is C57H35N5O. The van der Waals surface area contributed by atoms with Crippen LogP contribution in [0, 0.1) is 0 Å². The number of para-hydroxylation sites is 5. The molecule has 0 aliphatic heterocycles. The van der Waals surface area contributed by atoms with Crippen LogP contribution >= 0.6 is 0 Å². The molecule has 0 unspecified atom stereocenters. The van der Waals surface area contributed by atoms with Crippen molar-refractivity contribution >= 4 is 65.6 Å². The van der Waals surface area contributed by atoms with Gasteiger partial charge in [0.05, 0.1) is 36.0 Å². The van der Waals surface area contributed by atoms with Gasteiger partial charge >= 0.3 is 0 Å². The van der Waals surface area contributed by atoms with Crippen molar-refractivity contribution in [3.63, 3.8) is 0 Å². The molecule has 6 nitrogen and oxygen atoms in total. The molecule has 0 fully saturated rings. The Labute approximate surface area is 370 Å². The molecular weight excluding hydrogens is 771 g/mol. The first kappa shape index (κ1) is 29.6. The SMILES string of the molecule is [2H]c1cc([2H])c2c(c1[2H])c1c([2H])c([2H])cc([2H])c1n2-c1cc(-c2nc(-c3ccccc3)nc(-n3c4ccccc4c4c(-c5ccccc5)cccc43)n2)ccc1-c1cccc2c1oc1ccccc12. The number of fused-ring (bicyclic) bond motifs is 9. The number of benzene rings is 9. The highest BCUT2D eigenvalue weighted by atomic mass is 16.3. The van der Waals surface area contributed by atoms with E-state index in [0.717, 1.165) is 54.8 Å². The van der Waals surface area contributed by atoms with Gasteiger partial charge in [0.25, 0.3) is 0 Å². The van der Waals surface area contributed by atoms with Gasteiger partial charge in [-0.05, 0) is 47.5 Å². The second kappa shape index (κ2) is 14.0. The third kappa shape index (κ3) is 5.48. The Kier molecular flexibility index (Phi) is 6.56. The maximum Gasteiger partial charge on any atom is 0.238 e. The minimum atomic E-state index is -0.198. The summed E-state index contributed by atoms with van der Waals surface area (Å²) in [5.74, 6) is 1.19. The topological polar surface area (TPSA) is 61.7 Å². The van der Waals surface area contributed by atoms with Crippen LogP contribution < -0.4 is 0 Å². The van der Waals surface area contributed by atoms with E-state index in [4.69, 9.17) is 22.1 Å². The lowest BCUT2D eigenvalue weighted by atomic mass is 9.98. The van der Waals surface area contributed by atoms with Crippen molar-refractivity contribution in [3.05, 3.63) is 212 Å². The Morgan fingerprint density at radius 3 is 1.79 bits per heavy atom. The summed E-state index contributed by atoms with van der Waals surface area (Å²) >= 11 is 0. The van der Waals surface area contributed by atoms with Gasteiger partial charge in [0.15, 0.2) is 11.6 Å². The fourth-order valence-corrected chi connectivity index (χ4v) is 9.20. The minimum absolute atomic E-state index is 0.0686. The molecule has 0 aliphatic rings. The predicted octanol–water partition coefficient (Wildman–Crippen LogP) is 14.6. The van der Waals surface area contributed by atoms with Crippen molar-refractivity contribution in [2.24, 2.45) is 0 Å². The van der Waals surface area contributed by atoms with E-state index in [1.807, 2.05) is 121 Å². The summed E-state index contributed by atoms with van der Waals surface area (Å²) < 4.78 is 65.0. The summed E-state index contributed by atoms with van der Waals surface area (Å²) in [6.07, 6.45) is 0. The lowest BCUT2D eigenvalue weighted by Gasteiger charge is -2.17. The molecule has 0 radical (unpaired) electrons. The Hall–Kier alpha value is -8.61. The fourth-order valence-electron chi connectivity index (χ4n) is 9.20. The normalized spacial score (nSPS) is 13.1. The second-order valence-electron chi connectivity index (χ2n) is 15.5. The summed E-state index contributed by atoms with van der Waals surface area (Å²) in [4.78, 5) is 15.7. The van der Waals surface area contributed by atoms with Crippen LogP contribution in [-0.4, -0.2) is 24.1 Å². The standard InChI is InChI=1S/C57H35N5O/c1-3-17-36(18-4-1)39-25-16-31-50-53(39)46-24-9-13-30-49(46)62(50)57-59-55(37-19-5-2-6-20-37)58-56(60-57)38-33-34-42(44-26-15-27-45-43-23-10-14-32-52(43)63-54(44)45)51(35-38)61-47-28-11-7-21-40(47)41-22-8-12-29-48(41)61/h1-35H/i7D,8D,21D,22D,28D,29D. The zero-order valence-electron chi connectivity index (χ0n) is 39.4. The van der Waals surface area contributed by atoms with Crippen molar-refractivity contribution in [2.75, 3.05) is 0 Å². The monoisotopic (exact) mass is 811 g/mol. The number of furan rings is 1. The first-order valence-corrected chi connectivity index (χ1v) is 20.7. The van der Waals surface area contributed by atoms with E-state index in [2.05, 4.69) is 47.0 Å². The van der Waals surface area contributed by atoms with Crippen molar-refractivity contribution in [1.29, 1.82) is 0 Å². The van der Waals surface area contributed by atoms with Gasteiger partial charge in [-0.2, -0.15) is 9.97 Å². The molecule has 0 saturated carbocycles. The smallest absolute Gasteiger partial charge is 0.238 e. The zero-order valence-corrected chi connectivity index (χ0v) is 33.4. The number of rotatable bonds is 6. The van der Waals surface area contributed by atoms with Crippen molar-refractivity contribution < 1.29 is 12.6 Å². The molecule has 0 spiro atoms. The zero-order chi connectivity index (χ0) is 46.7. The maximum absolute atomic E-state index is 9.40. The average molecular weight is 812 g/mol. The lowest BCUT2D eigenvalue weighted by molar-refractivity contribution is 0.670. The van der Waals surface area contributed by atoms with Crippen molar-refractivity contribution in [3.8, 4) is 56.7 Å². The molecule has 0 atom stereocenters. The molecule has 63 heavy (non-hydrogen) atoms. The molecule has 294 valence electrons. The van der Waals surface area contributed by atoms with Crippen LogP contribution in [0.4, 0.5) is 0 Å². The molecule has 0 amide bonds.